The van der Waals surface area contributed by atoms with Crippen molar-refractivity contribution in [1.82, 2.24) is 30.0 Å². The predicted octanol–water partition coefficient (Wildman–Crippen LogP) is 4.00. The molecule has 210 valence electrons. The zero-order chi connectivity index (χ0) is 28.1. The third kappa shape index (κ3) is 7.49. The minimum absolute atomic E-state index is 0.146. The van der Waals surface area contributed by atoms with Gasteiger partial charge in [0.2, 0.25) is 5.75 Å². The number of anilines is 3. The van der Waals surface area contributed by atoms with E-state index in [-0.39, 0.29) is 5.78 Å². The number of benzene rings is 1. The number of methoxy groups -OCH3 is 1. The van der Waals surface area contributed by atoms with Crippen LogP contribution >= 0.6 is 11.8 Å². The summed E-state index contributed by atoms with van der Waals surface area (Å²) < 4.78 is 5.91. The molecule has 0 spiro atoms. The van der Waals surface area contributed by atoms with E-state index in [1.165, 1.54) is 11.8 Å². The standard InChI is InChI=1S/C28H40N8O2S/c1-18-14-24(33-32-18)29-26-25(38-7)27(35-16-19(2)36(20(3)17-35)13-12-34(5)6)31-28(30-26)39-23-10-8-22(9-11-23)15-21(4)37/h8-11,14,19-20H,12-13,15-17H2,1-7H3,(H2,29,30,31,32,33). The third-order valence-corrected chi connectivity index (χ3v) is 7.65. The lowest BCUT2D eigenvalue weighted by Gasteiger charge is -2.45. The van der Waals surface area contributed by atoms with Gasteiger partial charge in [-0.05, 0) is 71.2 Å². The van der Waals surface area contributed by atoms with Crippen LogP contribution in [0.15, 0.2) is 40.4 Å². The van der Waals surface area contributed by atoms with Crippen LogP contribution in [-0.2, 0) is 11.2 Å². The molecule has 0 saturated carbocycles. The van der Waals surface area contributed by atoms with Gasteiger partial charge >= 0.3 is 0 Å². The van der Waals surface area contributed by atoms with Crippen molar-refractivity contribution in [2.75, 3.05) is 57.6 Å². The summed E-state index contributed by atoms with van der Waals surface area (Å²) >= 11 is 1.48. The first-order chi connectivity index (χ1) is 18.6. The molecule has 1 aromatic carbocycles. The van der Waals surface area contributed by atoms with Crippen molar-refractivity contribution in [2.24, 2.45) is 0 Å². The number of aryl methyl sites for hydroxylation is 1. The zero-order valence-electron chi connectivity index (χ0n) is 24.0. The lowest BCUT2D eigenvalue weighted by atomic mass is 10.1. The Kier molecular flexibility index (Phi) is 9.47. The van der Waals surface area contributed by atoms with Crippen LogP contribution in [0.3, 0.4) is 0 Å². The number of nitrogens with zero attached hydrogens (tertiary/aromatic N) is 6. The number of ether oxygens (including phenoxy) is 1. The molecule has 3 heterocycles. The average molecular weight is 553 g/mol. The van der Waals surface area contributed by atoms with Crippen LogP contribution < -0.4 is 15.0 Å². The van der Waals surface area contributed by atoms with Crippen molar-refractivity contribution in [3.8, 4) is 5.75 Å². The SMILES string of the molecule is COc1c(Nc2cc(C)[nH]n2)nc(Sc2ccc(CC(C)=O)cc2)nc1N1CC(C)N(CCN(C)C)C(C)C1. The highest BCUT2D eigenvalue weighted by molar-refractivity contribution is 7.99. The summed E-state index contributed by atoms with van der Waals surface area (Å²) in [7, 11) is 5.88. The maximum atomic E-state index is 11.5. The highest BCUT2D eigenvalue weighted by Gasteiger charge is 2.32. The molecular weight excluding hydrogens is 512 g/mol. The number of hydrogen-bond acceptors (Lipinski definition) is 10. The number of piperazine rings is 1. The Morgan fingerprint density at radius 3 is 2.44 bits per heavy atom. The molecule has 0 bridgehead atoms. The van der Waals surface area contributed by atoms with E-state index in [0.29, 0.717) is 41.0 Å². The molecule has 2 atom stereocenters. The summed E-state index contributed by atoms with van der Waals surface area (Å²) in [4.78, 5) is 29.4. The molecule has 4 rings (SSSR count). The topological polar surface area (TPSA) is 103 Å². The minimum Gasteiger partial charge on any atom is -0.490 e. The van der Waals surface area contributed by atoms with Gasteiger partial charge in [0.05, 0.1) is 7.11 Å². The van der Waals surface area contributed by atoms with Crippen LogP contribution in [-0.4, -0.2) is 95.2 Å². The van der Waals surface area contributed by atoms with Gasteiger partial charge < -0.3 is 19.9 Å². The molecule has 2 N–H and O–H groups in total. The molecule has 0 amide bonds. The van der Waals surface area contributed by atoms with Gasteiger partial charge in [0.15, 0.2) is 22.6 Å². The molecule has 0 aliphatic carbocycles. The second kappa shape index (κ2) is 12.8. The Morgan fingerprint density at radius 1 is 1.18 bits per heavy atom. The van der Waals surface area contributed by atoms with Gasteiger partial charge in [0.1, 0.15) is 5.78 Å². The van der Waals surface area contributed by atoms with E-state index in [2.05, 4.69) is 58.2 Å². The first kappa shape index (κ1) is 28.8. The van der Waals surface area contributed by atoms with E-state index in [1.807, 2.05) is 37.3 Å². The Bertz CT molecular complexity index is 1250. The molecule has 10 nitrogen and oxygen atoms in total. The lowest BCUT2D eigenvalue weighted by Crippen LogP contribution is -2.58. The molecule has 39 heavy (non-hydrogen) atoms. The van der Waals surface area contributed by atoms with Crippen LogP contribution in [0.1, 0.15) is 32.0 Å². The van der Waals surface area contributed by atoms with E-state index in [9.17, 15) is 4.79 Å². The number of rotatable bonds is 11. The summed E-state index contributed by atoms with van der Waals surface area (Å²) in [5.41, 5.74) is 1.94. The van der Waals surface area contributed by atoms with Crippen LogP contribution in [0.4, 0.5) is 17.5 Å². The van der Waals surface area contributed by atoms with Gasteiger partial charge in [-0.3, -0.25) is 14.8 Å². The molecule has 1 aliphatic heterocycles. The number of hydrogen-bond donors (Lipinski definition) is 2. The van der Waals surface area contributed by atoms with E-state index in [4.69, 9.17) is 14.7 Å². The highest BCUT2D eigenvalue weighted by Crippen LogP contribution is 2.39. The molecule has 1 fully saturated rings. The molecule has 1 saturated heterocycles. The number of carbonyl (C=O) groups is 1. The molecule has 3 aromatic rings. The van der Waals surface area contributed by atoms with Gasteiger partial charge in [-0.15, -0.1) is 0 Å². The van der Waals surface area contributed by atoms with E-state index in [1.54, 1.807) is 14.0 Å². The van der Waals surface area contributed by atoms with Gasteiger partial charge in [-0.1, -0.05) is 12.1 Å². The molecule has 2 unspecified atom stereocenters. The van der Waals surface area contributed by atoms with Crippen molar-refractivity contribution in [2.45, 2.75) is 56.3 Å². The third-order valence-electron chi connectivity index (χ3n) is 6.78. The van der Waals surface area contributed by atoms with Crippen LogP contribution in [0, 0.1) is 6.92 Å². The second-order valence-electron chi connectivity index (χ2n) is 10.5. The number of ketones is 1. The number of aromatic nitrogens is 4. The number of aromatic amines is 1. The molecule has 11 heteroatoms. The summed E-state index contributed by atoms with van der Waals surface area (Å²) in [6.45, 7) is 11.8. The van der Waals surface area contributed by atoms with Crippen LogP contribution in [0.5, 0.6) is 5.75 Å². The van der Waals surface area contributed by atoms with Gasteiger partial charge in [-0.2, -0.15) is 5.10 Å². The fourth-order valence-electron chi connectivity index (χ4n) is 4.91. The van der Waals surface area contributed by atoms with Crippen molar-refractivity contribution in [1.29, 1.82) is 0 Å². The number of H-pyrrole nitrogens is 1. The van der Waals surface area contributed by atoms with Gasteiger partial charge in [-0.25, -0.2) is 9.97 Å². The van der Waals surface area contributed by atoms with E-state index >= 15 is 0 Å². The number of nitrogens with one attached hydrogen (secondary N) is 2. The molecule has 1 aliphatic rings. The van der Waals surface area contributed by atoms with Gasteiger partial charge in [0, 0.05) is 61.3 Å². The first-order valence-electron chi connectivity index (χ1n) is 13.3. The summed E-state index contributed by atoms with van der Waals surface area (Å²) in [5, 5.41) is 11.2. The Hall–Kier alpha value is -3.15. The van der Waals surface area contributed by atoms with E-state index < -0.39 is 0 Å². The average Bonchev–Trinajstić information content (AvgIpc) is 3.28. The normalized spacial score (nSPS) is 18.0. The quantitative estimate of drug-likeness (QED) is 0.339. The monoisotopic (exact) mass is 552 g/mol. The number of Topliss-reactive ketones (excluding diaryl/α,β-unsaturated/α-hetero) is 1. The highest BCUT2D eigenvalue weighted by atomic mass is 32.2. The van der Waals surface area contributed by atoms with Crippen LogP contribution in [0.25, 0.3) is 0 Å². The Balaban J connectivity index is 1.66. The lowest BCUT2D eigenvalue weighted by molar-refractivity contribution is -0.116. The Morgan fingerprint density at radius 2 is 1.87 bits per heavy atom. The fourth-order valence-corrected chi connectivity index (χ4v) is 5.66. The predicted molar refractivity (Wildman–Crippen MR) is 157 cm³/mol. The van der Waals surface area contributed by atoms with E-state index in [0.717, 1.165) is 48.1 Å². The largest absolute Gasteiger partial charge is 0.490 e. The number of likely N-dealkylation sites (N-methyl/N-ethyl adjacent to an activating group) is 1. The zero-order valence-corrected chi connectivity index (χ0v) is 24.8. The van der Waals surface area contributed by atoms with Crippen molar-refractivity contribution >= 4 is 35.0 Å². The Labute approximate surface area is 235 Å². The molecular formula is C28H40N8O2S. The summed E-state index contributed by atoms with van der Waals surface area (Å²) in [6.07, 6.45) is 0.433. The summed E-state index contributed by atoms with van der Waals surface area (Å²) in [6, 6.07) is 10.6. The molecule has 2 aromatic heterocycles. The smallest absolute Gasteiger partial charge is 0.204 e. The minimum atomic E-state index is 0.146. The maximum Gasteiger partial charge on any atom is 0.204 e. The van der Waals surface area contributed by atoms with Gasteiger partial charge in [0.25, 0.3) is 0 Å². The van der Waals surface area contributed by atoms with Crippen molar-refractivity contribution in [3.63, 3.8) is 0 Å². The second-order valence-corrected chi connectivity index (χ2v) is 11.6. The fraction of sp³-hybridized carbons (Fsp3) is 0.500. The van der Waals surface area contributed by atoms with Crippen LogP contribution in [0.2, 0.25) is 0 Å². The maximum absolute atomic E-state index is 11.5. The molecule has 0 radical (unpaired) electrons. The van der Waals surface area contributed by atoms with Crippen molar-refractivity contribution < 1.29 is 9.53 Å². The first-order valence-corrected chi connectivity index (χ1v) is 14.1. The number of carbonyl (C=O) groups excluding carboxylic acids is 1. The summed E-state index contributed by atoms with van der Waals surface area (Å²) in [5.74, 6) is 2.74. The van der Waals surface area contributed by atoms with Crippen molar-refractivity contribution in [3.05, 3.63) is 41.6 Å².